The van der Waals surface area contributed by atoms with Crippen LogP contribution in [-0.4, -0.2) is 24.3 Å². The number of ether oxygens (including phenoxy) is 1. The monoisotopic (exact) mass is 379 g/mol. The zero-order valence-electron chi connectivity index (χ0n) is 13.1. The van der Waals surface area contributed by atoms with Gasteiger partial charge in [0.25, 0.3) is 0 Å². The van der Waals surface area contributed by atoms with Crippen LogP contribution in [0.2, 0.25) is 10.0 Å². The highest BCUT2D eigenvalue weighted by Crippen LogP contribution is 2.25. The summed E-state index contributed by atoms with van der Waals surface area (Å²) in [5.74, 6) is -1.32. The summed E-state index contributed by atoms with van der Waals surface area (Å²) in [5.41, 5.74) is 0.870. The second-order valence-corrected chi connectivity index (χ2v) is 5.97. The molecule has 2 aromatic carbocycles. The fourth-order valence-electron chi connectivity index (χ4n) is 1.94. The normalized spacial score (nSPS) is 10.2. The number of ketones is 1. The first kappa shape index (κ1) is 19.0. The van der Waals surface area contributed by atoms with Crippen molar-refractivity contribution in [2.75, 3.05) is 11.9 Å². The molecular formula is C18H15Cl2NO4. The van der Waals surface area contributed by atoms with Gasteiger partial charge < -0.3 is 10.1 Å². The molecule has 7 heteroatoms. The highest BCUT2D eigenvalue weighted by atomic mass is 35.5. The maximum absolute atomic E-state index is 11.8. The second kappa shape index (κ2) is 9.20. The van der Waals surface area contributed by atoms with Crippen LogP contribution in [0.3, 0.4) is 0 Å². The van der Waals surface area contributed by atoms with Crippen molar-refractivity contribution < 1.29 is 19.1 Å². The van der Waals surface area contributed by atoms with Crippen molar-refractivity contribution in [2.45, 2.75) is 12.8 Å². The van der Waals surface area contributed by atoms with E-state index in [9.17, 15) is 14.4 Å². The van der Waals surface area contributed by atoms with Crippen LogP contribution in [0.15, 0.2) is 48.5 Å². The summed E-state index contributed by atoms with van der Waals surface area (Å²) >= 11 is 11.7. The van der Waals surface area contributed by atoms with Crippen LogP contribution in [0.25, 0.3) is 0 Å². The van der Waals surface area contributed by atoms with Crippen molar-refractivity contribution in [1.29, 1.82) is 0 Å². The molecule has 0 aliphatic rings. The van der Waals surface area contributed by atoms with Gasteiger partial charge in [0.15, 0.2) is 12.4 Å². The van der Waals surface area contributed by atoms with Crippen molar-refractivity contribution in [3.8, 4) is 0 Å². The molecular weight excluding hydrogens is 365 g/mol. The molecule has 0 aliphatic heterocycles. The van der Waals surface area contributed by atoms with Gasteiger partial charge in [0.1, 0.15) is 0 Å². The lowest BCUT2D eigenvalue weighted by Crippen LogP contribution is -2.17. The number of esters is 1. The van der Waals surface area contributed by atoms with Crippen molar-refractivity contribution in [2.24, 2.45) is 0 Å². The Labute approximate surface area is 154 Å². The lowest BCUT2D eigenvalue weighted by Gasteiger charge is -2.08. The predicted octanol–water partition coefficient (Wildman–Crippen LogP) is 4.14. The first-order valence-corrected chi connectivity index (χ1v) is 8.20. The van der Waals surface area contributed by atoms with Gasteiger partial charge >= 0.3 is 5.97 Å². The molecule has 0 aromatic heterocycles. The van der Waals surface area contributed by atoms with Crippen molar-refractivity contribution in [1.82, 2.24) is 0 Å². The number of hydrogen-bond donors (Lipinski definition) is 1. The Morgan fingerprint density at radius 1 is 0.960 bits per heavy atom. The summed E-state index contributed by atoms with van der Waals surface area (Å²) in [6.45, 7) is -0.354. The molecule has 1 amide bonds. The first-order chi connectivity index (χ1) is 12.0. The van der Waals surface area contributed by atoms with Gasteiger partial charge in [0.05, 0.1) is 17.1 Å². The molecule has 130 valence electrons. The topological polar surface area (TPSA) is 72.5 Å². The average Bonchev–Trinajstić information content (AvgIpc) is 2.61. The highest BCUT2D eigenvalue weighted by molar-refractivity contribution is 6.36. The Hall–Kier alpha value is -2.37. The molecule has 0 spiro atoms. The number of Topliss-reactive ketones (excluding diaryl/α,β-unsaturated/α-hetero) is 1. The Bertz CT molecular complexity index is 778. The van der Waals surface area contributed by atoms with Crippen LogP contribution >= 0.6 is 23.2 Å². The molecule has 2 aromatic rings. The predicted molar refractivity (Wildman–Crippen MR) is 96.1 cm³/mol. The molecule has 0 fully saturated rings. The number of benzene rings is 2. The summed E-state index contributed by atoms with van der Waals surface area (Å²) in [4.78, 5) is 35.3. The van der Waals surface area contributed by atoms with E-state index < -0.39 is 11.9 Å². The van der Waals surface area contributed by atoms with E-state index >= 15 is 0 Å². The Kier molecular flexibility index (Phi) is 6.98. The van der Waals surface area contributed by atoms with Crippen molar-refractivity contribution >= 4 is 46.5 Å². The lowest BCUT2D eigenvalue weighted by molar-refractivity contribution is -0.143. The van der Waals surface area contributed by atoms with Gasteiger partial charge in [-0.3, -0.25) is 14.4 Å². The maximum atomic E-state index is 11.8. The van der Waals surface area contributed by atoms with Crippen LogP contribution in [0, 0.1) is 0 Å². The number of carbonyl (C=O) groups is 3. The van der Waals surface area contributed by atoms with Crippen molar-refractivity contribution in [3.63, 3.8) is 0 Å². The lowest BCUT2D eigenvalue weighted by atomic mass is 10.1. The zero-order valence-corrected chi connectivity index (χ0v) is 14.6. The second-order valence-electron chi connectivity index (χ2n) is 5.12. The summed E-state index contributed by atoms with van der Waals surface area (Å²) in [7, 11) is 0. The van der Waals surface area contributed by atoms with Gasteiger partial charge in [0, 0.05) is 17.0 Å². The molecule has 0 saturated carbocycles. The Balaban J connectivity index is 1.74. The quantitative estimate of drug-likeness (QED) is 0.579. The smallest absolute Gasteiger partial charge is 0.306 e. The molecule has 0 atom stereocenters. The number of halogens is 2. The maximum Gasteiger partial charge on any atom is 0.306 e. The van der Waals surface area contributed by atoms with E-state index in [-0.39, 0.29) is 25.2 Å². The van der Waals surface area contributed by atoms with Crippen molar-refractivity contribution in [3.05, 3.63) is 64.1 Å². The number of carbonyl (C=O) groups excluding carboxylic acids is 3. The fraction of sp³-hybridized carbons (Fsp3) is 0.167. The van der Waals surface area contributed by atoms with E-state index in [2.05, 4.69) is 5.32 Å². The molecule has 0 aliphatic carbocycles. The minimum absolute atomic E-state index is 0.0860. The summed E-state index contributed by atoms with van der Waals surface area (Å²) < 4.78 is 4.89. The molecule has 0 radical (unpaired) electrons. The Morgan fingerprint density at radius 2 is 1.68 bits per heavy atom. The number of hydrogen-bond acceptors (Lipinski definition) is 4. The summed E-state index contributed by atoms with van der Waals surface area (Å²) in [6.07, 6.45) is -0.226. The molecule has 2 rings (SSSR count). The zero-order chi connectivity index (χ0) is 18.2. The van der Waals surface area contributed by atoms with Crippen LogP contribution in [0.5, 0.6) is 0 Å². The van der Waals surface area contributed by atoms with Gasteiger partial charge in [-0.1, -0.05) is 53.5 Å². The Morgan fingerprint density at radius 3 is 2.36 bits per heavy atom. The van der Waals surface area contributed by atoms with E-state index in [0.29, 0.717) is 21.3 Å². The van der Waals surface area contributed by atoms with Crippen LogP contribution in [-0.2, 0) is 14.3 Å². The largest absolute Gasteiger partial charge is 0.457 e. The number of amides is 1. The van der Waals surface area contributed by atoms with Gasteiger partial charge in [-0.05, 0) is 18.2 Å². The third-order valence-corrected chi connectivity index (χ3v) is 3.77. The minimum Gasteiger partial charge on any atom is -0.457 e. The molecule has 25 heavy (non-hydrogen) atoms. The van der Waals surface area contributed by atoms with E-state index in [1.54, 1.807) is 42.5 Å². The molecule has 0 bridgehead atoms. The molecule has 0 unspecified atom stereocenters. The standard InChI is InChI=1S/C18H15Cl2NO4/c19-13-6-7-15(14(20)10-13)21-17(23)8-9-18(24)25-11-16(22)12-4-2-1-3-5-12/h1-7,10H,8-9,11H2,(H,21,23). The van der Waals surface area contributed by atoms with Gasteiger partial charge in [0.2, 0.25) is 5.91 Å². The minimum atomic E-state index is -0.623. The third kappa shape index (κ3) is 6.21. The highest BCUT2D eigenvalue weighted by Gasteiger charge is 2.12. The number of rotatable bonds is 7. The van der Waals surface area contributed by atoms with Gasteiger partial charge in [-0.2, -0.15) is 0 Å². The van der Waals surface area contributed by atoms with Crippen LogP contribution < -0.4 is 5.32 Å². The van der Waals surface area contributed by atoms with E-state index in [4.69, 9.17) is 27.9 Å². The molecule has 0 heterocycles. The summed E-state index contributed by atoms with van der Waals surface area (Å²) in [5, 5.41) is 3.34. The van der Waals surface area contributed by atoms with Gasteiger partial charge in [-0.15, -0.1) is 0 Å². The number of anilines is 1. The van der Waals surface area contributed by atoms with Crippen LogP contribution in [0.1, 0.15) is 23.2 Å². The number of nitrogens with one attached hydrogen (secondary N) is 1. The fourth-order valence-corrected chi connectivity index (χ4v) is 2.40. The average molecular weight is 380 g/mol. The summed E-state index contributed by atoms with van der Waals surface area (Å²) in [6, 6.07) is 13.2. The van der Waals surface area contributed by atoms with E-state index in [1.807, 2.05) is 0 Å². The van der Waals surface area contributed by atoms with Gasteiger partial charge in [-0.25, -0.2) is 0 Å². The first-order valence-electron chi connectivity index (χ1n) is 7.44. The van der Waals surface area contributed by atoms with Crippen LogP contribution in [0.4, 0.5) is 5.69 Å². The van der Waals surface area contributed by atoms with E-state index in [0.717, 1.165) is 0 Å². The SMILES string of the molecule is O=C(CCC(=O)OCC(=O)c1ccccc1)Nc1ccc(Cl)cc1Cl. The van der Waals surface area contributed by atoms with E-state index in [1.165, 1.54) is 6.07 Å². The molecule has 0 saturated heterocycles. The molecule has 5 nitrogen and oxygen atoms in total. The molecule has 1 N–H and O–H groups in total. The third-order valence-electron chi connectivity index (χ3n) is 3.22.